The van der Waals surface area contributed by atoms with Gasteiger partial charge in [0.25, 0.3) is 0 Å². The third-order valence-electron chi connectivity index (χ3n) is 2.49. The lowest BCUT2D eigenvalue weighted by Gasteiger charge is -2.02. The van der Waals surface area contributed by atoms with Crippen LogP contribution in [0, 0.1) is 0 Å². The summed E-state index contributed by atoms with van der Waals surface area (Å²) in [5, 5.41) is 5.74. The highest BCUT2D eigenvalue weighted by atomic mass is 16.5. The van der Waals surface area contributed by atoms with E-state index in [4.69, 9.17) is 0 Å². The van der Waals surface area contributed by atoms with Crippen molar-refractivity contribution in [2.24, 2.45) is 5.73 Å². The van der Waals surface area contributed by atoms with E-state index in [2.05, 4.69) is 41.5 Å². The van der Waals surface area contributed by atoms with Gasteiger partial charge in [0.2, 0.25) is 0 Å². The molecule has 0 unspecified atom stereocenters. The van der Waals surface area contributed by atoms with Crippen molar-refractivity contribution >= 4 is 6.09 Å². The van der Waals surface area contributed by atoms with Gasteiger partial charge in [0.15, 0.2) is 0 Å². The third-order valence-corrected chi connectivity index (χ3v) is 2.49. The Hall–Kier alpha value is -1.59. The molecule has 0 rings (SSSR count). The minimum Gasteiger partial charge on any atom is -0.453 e. The van der Waals surface area contributed by atoms with E-state index >= 15 is 0 Å². The Morgan fingerprint density at radius 1 is 1.04 bits per heavy atom. The quantitative estimate of drug-likeness (QED) is 0.422. The van der Waals surface area contributed by atoms with Gasteiger partial charge >= 0.3 is 6.09 Å². The average molecular weight is 358 g/mol. The fourth-order valence-electron chi connectivity index (χ4n) is 1.26. The van der Waals surface area contributed by atoms with Crippen LogP contribution in [0.2, 0.25) is 0 Å². The molecule has 0 radical (unpaired) electrons. The zero-order chi connectivity index (χ0) is 20.2. The zero-order valence-electron chi connectivity index (χ0n) is 17.4. The van der Waals surface area contributed by atoms with Gasteiger partial charge in [0.05, 0.1) is 7.11 Å². The first kappa shape index (κ1) is 31.2. The number of alkyl carbamates (subject to hydrolysis) is 1. The molecule has 150 valence electrons. The number of hydrogen-bond donors (Lipinski definition) is 3. The van der Waals surface area contributed by atoms with Crippen molar-refractivity contribution in [1.29, 1.82) is 0 Å². The van der Waals surface area contributed by atoms with Gasteiger partial charge in [-0.1, -0.05) is 77.0 Å². The molecule has 0 heterocycles. The molecule has 0 aromatic rings. The fourth-order valence-corrected chi connectivity index (χ4v) is 1.26. The van der Waals surface area contributed by atoms with Gasteiger partial charge in [0.1, 0.15) is 0 Å². The fraction of sp³-hybridized carbons (Fsp3) is 0.650. The summed E-state index contributed by atoms with van der Waals surface area (Å²) in [5.41, 5.74) is 4.50. The van der Waals surface area contributed by atoms with E-state index in [0.29, 0.717) is 6.54 Å². The van der Waals surface area contributed by atoms with E-state index in [9.17, 15) is 4.79 Å². The number of methoxy groups -OCH3 is 1. The summed E-state index contributed by atoms with van der Waals surface area (Å²) in [7, 11) is 2.86. The Kier molecular flexibility index (Phi) is 47.6. The molecule has 5 heteroatoms. The van der Waals surface area contributed by atoms with Crippen molar-refractivity contribution < 1.29 is 9.53 Å². The second-order valence-corrected chi connectivity index (χ2v) is 4.63. The van der Waals surface area contributed by atoms with Crippen LogP contribution < -0.4 is 16.4 Å². The molecule has 0 aliphatic carbocycles. The van der Waals surface area contributed by atoms with Crippen LogP contribution in [0.25, 0.3) is 0 Å². The van der Waals surface area contributed by atoms with E-state index in [1.54, 1.807) is 6.08 Å². The number of rotatable bonds is 9. The van der Waals surface area contributed by atoms with Crippen LogP contribution in [-0.2, 0) is 4.74 Å². The molecule has 1 amide bonds. The third kappa shape index (κ3) is 51.9. The summed E-state index contributed by atoms with van der Waals surface area (Å²) < 4.78 is 4.39. The lowest BCUT2D eigenvalue weighted by Crippen LogP contribution is -2.26. The van der Waals surface area contributed by atoms with Gasteiger partial charge in [-0.2, -0.15) is 0 Å². The highest BCUT2D eigenvalue weighted by Crippen LogP contribution is 1.88. The number of amides is 1. The summed E-state index contributed by atoms with van der Waals surface area (Å²) >= 11 is 0. The van der Waals surface area contributed by atoms with Crippen LogP contribution in [-0.4, -0.2) is 39.9 Å². The first-order valence-corrected chi connectivity index (χ1v) is 9.14. The maximum absolute atomic E-state index is 10.5. The number of ether oxygens (including phenoxy) is 1. The first-order valence-electron chi connectivity index (χ1n) is 9.14. The molecule has 0 aromatic heterocycles. The molecule has 5 nitrogen and oxygen atoms in total. The highest BCUT2D eigenvalue weighted by Gasteiger charge is 1.94. The molecule has 0 aromatic carbocycles. The van der Waals surface area contributed by atoms with Crippen molar-refractivity contribution in [3.05, 3.63) is 37.0 Å². The molecule has 0 aliphatic heterocycles. The standard InChI is InChI=1S/C7H16N2O2.C7H10.C5H12.CH5N/c1-3-8-5-4-6-9-7(10)11-2;1-3-5-7-6-4-2;1-3-5-4-2;1-2/h8H,3-6H2,1-2H3,(H,9,10);3-7H,1H2,2H3;3-5H2,1-2H3;2H2,1H3/b;6-4-,7-5-;;. The molecule has 0 fully saturated rings. The van der Waals surface area contributed by atoms with Gasteiger partial charge in [-0.3, -0.25) is 0 Å². The number of unbranched alkanes of at least 4 members (excludes halogenated alkanes) is 2. The van der Waals surface area contributed by atoms with Crippen LogP contribution in [0.5, 0.6) is 0 Å². The molecule has 0 atom stereocenters. The van der Waals surface area contributed by atoms with Crippen LogP contribution >= 0.6 is 0 Å². The smallest absolute Gasteiger partial charge is 0.406 e. The summed E-state index contributed by atoms with van der Waals surface area (Å²) in [6.07, 6.45) is 14.2. The molecule has 4 N–H and O–H groups in total. The van der Waals surface area contributed by atoms with E-state index in [-0.39, 0.29) is 6.09 Å². The normalized spacial score (nSPS) is 9.08. The van der Waals surface area contributed by atoms with Gasteiger partial charge in [-0.25, -0.2) is 4.79 Å². The van der Waals surface area contributed by atoms with Crippen LogP contribution in [0.3, 0.4) is 0 Å². The van der Waals surface area contributed by atoms with Crippen molar-refractivity contribution in [1.82, 2.24) is 10.6 Å². The lowest BCUT2D eigenvalue weighted by atomic mass is 10.3. The zero-order valence-corrected chi connectivity index (χ0v) is 17.4. The number of nitrogens with two attached hydrogens (primary N) is 1. The first-order chi connectivity index (χ1) is 12.1. The Morgan fingerprint density at radius 2 is 1.64 bits per heavy atom. The Labute approximate surface area is 156 Å². The summed E-state index contributed by atoms with van der Waals surface area (Å²) in [6, 6.07) is 0. The maximum atomic E-state index is 10.5. The predicted octanol–water partition coefficient (Wildman–Crippen LogP) is 4.42. The minimum absolute atomic E-state index is 0.360. The Morgan fingerprint density at radius 3 is 2.00 bits per heavy atom. The van der Waals surface area contributed by atoms with Crippen molar-refractivity contribution in [3.63, 3.8) is 0 Å². The average Bonchev–Trinajstić information content (AvgIpc) is 2.65. The van der Waals surface area contributed by atoms with Crippen LogP contribution in [0.15, 0.2) is 37.0 Å². The molecule has 0 bridgehead atoms. The monoisotopic (exact) mass is 357 g/mol. The molecule has 0 spiro atoms. The van der Waals surface area contributed by atoms with E-state index in [1.165, 1.54) is 33.4 Å². The second-order valence-electron chi connectivity index (χ2n) is 4.63. The van der Waals surface area contributed by atoms with Gasteiger partial charge in [-0.05, 0) is 33.5 Å². The summed E-state index contributed by atoms with van der Waals surface area (Å²) in [4.78, 5) is 10.5. The Bertz CT molecular complexity index is 289. The topological polar surface area (TPSA) is 76.4 Å². The molecular formula is C20H43N3O2. The molecule has 0 saturated carbocycles. The SMILES string of the molecule is C=C/C=C\C=C/C.CCCCC.CCNCCCNC(=O)OC.CN. The number of hydrogen-bond acceptors (Lipinski definition) is 4. The minimum atomic E-state index is -0.360. The second kappa shape index (κ2) is 38.1. The number of carbonyl (C=O) groups excluding carboxylic acids is 1. The summed E-state index contributed by atoms with van der Waals surface area (Å²) in [5.74, 6) is 0. The predicted molar refractivity (Wildman–Crippen MR) is 113 cm³/mol. The van der Waals surface area contributed by atoms with Crippen molar-refractivity contribution in [2.45, 2.75) is 53.4 Å². The maximum Gasteiger partial charge on any atom is 0.406 e. The molecule has 0 saturated heterocycles. The van der Waals surface area contributed by atoms with Crippen molar-refractivity contribution in [3.8, 4) is 0 Å². The van der Waals surface area contributed by atoms with Crippen molar-refractivity contribution in [2.75, 3.05) is 33.8 Å². The lowest BCUT2D eigenvalue weighted by molar-refractivity contribution is 0.171. The van der Waals surface area contributed by atoms with Gasteiger partial charge < -0.3 is 21.1 Å². The molecule has 25 heavy (non-hydrogen) atoms. The van der Waals surface area contributed by atoms with E-state index in [0.717, 1.165) is 19.5 Å². The number of carbonyl (C=O) groups is 1. The van der Waals surface area contributed by atoms with Crippen LogP contribution in [0.1, 0.15) is 53.4 Å². The number of nitrogens with one attached hydrogen (secondary N) is 2. The highest BCUT2D eigenvalue weighted by molar-refractivity contribution is 5.66. The largest absolute Gasteiger partial charge is 0.453 e. The van der Waals surface area contributed by atoms with E-state index < -0.39 is 0 Å². The summed E-state index contributed by atoms with van der Waals surface area (Å²) in [6.45, 7) is 14.5. The van der Waals surface area contributed by atoms with Gasteiger partial charge in [-0.15, -0.1) is 0 Å². The molecular weight excluding hydrogens is 314 g/mol. The van der Waals surface area contributed by atoms with Gasteiger partial charge in [0, 0.05) is 6.54 Å². The number of allylic oxidation sites excluding steroid dienone is 5. The van der Waals surface area contributed by atoms with Crippen LogP contribution in [0.4, 0.5) is 4.79 Å². The Balaban J connectivity index is -0.000000136. The molecule has 0 aliphatic rings. The van der Waals surface area contributed by atoms with E-state index in [1.807, 2.05) is 38.2 Å².